The molecule has 2 aromatic carbocycles. The number of rotatable bonds is 4. The van der Waals surface area contributed by atoms with Gasteiger partial charge in [0, 0.05) is 35.3 Å². The minimum absolute atomic E-state index is 0.245. The van der Waals surface area contributed by atoms with Gasteiger partial charge < -0.3 is 10.0 Å². The van der Waals surface area contributed by atoms with Crippen molar-refractivity contribution >= 4 is 49.2 Å². The lowest BCUT2D eigenvalue weighted by Gasteiger charge is -2.44. The SMILES string of the molecule is CC1CN(c2ccc(Cl)c(Br)c2)CC(C)N1S(=O)(=O)c1cccc2c1CC(C(=O)O)C2. The monoisotopic (exact) mass is 526 g/mol. The molecule has 0 aromatic heterocycles. The van der Waals surface area contributed by atoms with Gasteiger partial charge in [-0.3, -0.25) is 4.79 Å². The molecule has 0 radical (unpaired) electrons. The standard InChI is InChI=1S/C22H24BrClN2O4S/c1-13-11-25(17-6-7-20(24)19(23)10-17)12-14(2)26(13)31(29,30)21-5-3-4-15-8-16(22(27)28)9-18(15)21/h3-7,10,13-14,16H,8-9,11-12H2,1-2H3,(H,27,28). The van der Waals surface area contributed by atoms with Gasteiger partial charge in [0.25, 0.3) is 0 Å². The molecule has 1 saturated heterocycles. The summed E-state index contributed by atoms with van der Waals surface area (Å²) in [7, 11) is -3.77. The van der Waals surface area contributed by atoms with Crippen LogP contribution in [0.4, 0.5) is 5.69 Å². The van der Waals surface area contributed by atoms with Crippen molar-refractivity contribution < 1.29 is 18.3 Å². The van der Waals surface area contributed by atoms with Crippen LogP contribution >= 0.6 is 27.5 Å². The van der Waals surface area contributed by atoms with E-state index in [4.69, 9.17) is 11.6 Å². The van der Waals surface area contributed by atoms with E-state index in [1.165, 1.54) is 0 Å². The summed E-state index contributed by atoms with van der Waals surface area (Å²) in [5.41, 5.74) is 2.45. The number of nitrogens with zero attached hydrogens (tertiary/aromatic N) is 2. The Bertz CT molecular complexity index is 1130. The summed E-state index contributed by atoms with van der Waals surface area (Å²) < 4.78 is 29.8. The highest BCUT2D eigenvalue weighted by Crippen LogP contribution is 2.36. The van der Waals surface area contributed by atoms with Crippen LogP contribution in [0.25, 0.3) is 0 Å². The molecule has 1 fully saturated rings. The molecule has 6 nitrogen and oxygen atoms in total. The fourth-order valence-electron chi connectivity index (χ4n) is 4.82. The Morgan fingerprint density at radius 2 is 1.81 bits per heavy atom. The maximum absolute atomic E-state index is 13.7. The highest BCUT2D eigenvalue weighted by atomic mass is 79.9. The van der Waals surface area contributed by atoms with Crippen molar-refractivity contribution in [3.05, 3.63) is 57.0 Å². The first-order valence-electron chi connectivity index (χ1n) is 10.2. The van der Waals surface area contributed by atoms with E-state index in [0.29, 0.717) is 30.1 Å². The average molecular weight is 528 g/mol. The van der Waals surface area contributed by atoms with Crippen LogP contribution in [0.5, 0.6) is 0 Å². The molecule has 166 valence electrons. The smallest absolute Gasteiger partial charge is 0.307 e. The third-order valence-electron chi connectivity index (χ3n) is 6.16. The van der Waals surface area contributed by atoms with Crippen molar-refractivity contribution in [1.82, 2.24) is 4.31 Å². The summed E-state index contributed by atoms with van der Waals surface area (Å²) in [4.78, 5) is 13.9. The first-order valence-corrected chi connectivity index (χ1v) is 12.8. The summed E-state index contributed by atoms with van der Waals surface area (Å²) in [6.45, 7) is 4.91. The van der Waals surface area contributed by atoms with Crippen molar-refractivity contribution in [2.45, 2.75) is 43.7 Å². The Morgan fingerprint density at radius 3 is 2.42 bits per heavy atom. The van der Waals surface area contributed by atoms with Gasteiger partial charge in [-0.05, 0) is 78.0 Å². The molecular weight excluding hydrogens is 504 g/mol. The van der Waals surface area contributed by atoms with E-state index in [1.807, 2.05) is 38.1 Å². The van der Waals surface area contributed by atoms with Crippen LogP contribution in [0.2, 0.25) is 5.02 Å². The minimum Gasteiger partial charge on any atom is -0.481 e. The largest absolute Gasteiger partial charge is 0.481 e. The number of carboxylic acid groups (broad SMARTS) is 1. The van der Waals surface area contributed by atoms with Crippen LogP contribution in [0.15, 0.2) is 45.8 Å². The van der Waals surface area contributed by atoms with Crippen LogP contribution < -0.4 is 4.90 Å². The maximum Gasteiger partial charge on any atom is 0.307 e. The van der Waals surface area contributed by atoms with Gasteiger partial charge in [0.05, 0.1) is 15.8 Å². The lowest BCUT2D eigenvalue weighted by Crippen LogP contribution is -2.58. The van der Waals surface area contributed by atoms with Crippen molar-refractivity contribution in [3.63, 3.8) is 0 Å². The lowest BCUT2D eigenvalue weighted by molar-refractivity contribution is -0.141. The number of fused-ring (bicyclic) bond motifs is 1. The first-order chi connectivity index (χ1) is 14.6. The number of benzene rings is 2. The highest BCUT2D eigenvalue weighted by Gasteiger charge is 2.41. The quantitative estimate of drug-likeness (QED) is 0.645. The molecule has 2 aliphatic rings. The molecule has 3 atom stereocenters. The van der Waals surface area contributed by atoms with Gasteiger partial charge in [-0.15, -0.1) is 0 Å². The highest BCUT2D eigenvalue weighted by molar-refractivity contribution is 9.10. The Labute approximate surface area is 196 Å². The topological polar surface area (TPSA) is 77.9 Å². The fourth-order valence-corrected chi connectivity index (χ4v) is 7.39. The number of halogens is 2. The number of aliphatic carboxylic acids is 1. The lowest BCUT2D eigenvalue weighted by atomic mass is 10.1. The number of sulfonamides is 1. The number of hydrogen-bond acceptors (Lipinski definition) is 4. The number of carboxylic acids is 1. The molecule has 1 N–H and O–H groups in total. The summed E-state index contributed by atoms with van der Waals surface area (Å²) in [5.74, 6) is -1.45. The predicted octanol–water partition coefficient (Wildman–Crippen LogP) is 4.19. The molecule has 0 amide bonds. The average Bonchev–Trinajstić information content (AvgIpc) is 3.14. The number of carbonyl (C=O) groups is 1. The molecule has 4 rings (SSSR count). The van der Waals surface area contributed by atoms with E-state index in [0.717, 1.165) is 15.7 Å². The van der Waals surface area contributed by atoms with E-state index in [1.54, 1.807) is 16.4 Å². The van der Waals surface area contributed by atoms with Gasteiger partial charge in [-0.25, -0.2) is 8.42 Å². The van der Waals surface area contributed by atoms with Crippen LogP contribution in [-0.2, 0) is 27.7 Å². The number of anilines is 1. The van der Waals surface area contributed by atoms with E-state index < -0.39 is 21.9 Å². The van der Waals surface area contributed by atoms with Crippen LogP contribution in [0.1, 0.15) is 25.0 Å². The molecule has 1 aliphatic heterocycles. The van der Waals surface area contributed by atoms with Gasteiger partial charge in [-0.1, -0.05) is 23.7 Å². The normalized spacial score (nSPS) is 24.3. The zero-order valence-corrected chi connectivity index (χ0v) is 20.4. The van der Waals surface area contributed by atoms with Gasteiger partial charge in [0.1, 0.15) is 0 Å². The Balaban J connectivity index is 1.63. The fraction of sp³-hybridized carbons (Fsp3) is 0.409. The zero-order chi connectivity index (χ0) is 22.5. The van der Waals surface area contributed by atoms with E-state index >= 15 is 0 Å². The van der Waals surface area contributed by atoms with E-state index in [2.05, 4.69) is 20.8 Å². The molecule has 9 heteroatoms. The zero-order valence-electron chi connectivity index (χ0n) is 17.3. The molecule has 31 heavy (non-hydrogen) atoms. The molecule has 1 heterocycles. The molecule has 0 spiro atoms. The van der Waals surface area contributed by atoms with E-state index in [-0.39, 0.29) is 23.4 Å². The Morgan fingerprint density at radius 1 is 1.13 bits per heavy atom. The Kier molecular flexibility index (Phi) is 6.11. The molecular formula is C22H24BrClN2O4S. The van der Waals surface area contributed by atoms with Gasteiger partial charge in [0.2, 0.25) is 10.0 Å². The van der Waals surface area contributed by atoms with Gasteiger partial charge in [-0.2, -0.15) is 4.31 Å². The second-order valence-corrected chi connectivity index (χ2v) is 11.4. The molecule has 1 aliphatic carbocycles. The Hall–Kier alpha value is -1.61. The summed E-state index contributed by atoms with van der Waals surface area (Å²) in [6.07, 6.45) is 0.625. The predicted molar refractivity (Wildman–Crippen MR) is 124 cm³/mol. The van der Waals surface area contributed by atoms with Crippen LogP contribution in [0, 0.1) is 5.92 Å². The van der Waals surface area contributed by atoms with Crippen molar-refractivity contribution in [3.8, 4) is 0 Å². The maximum atomic E-state index is 13.7. The molecule has 2 aromatic rings. The van der Waals surface area contributed by atoms with Crippen LogP contribution in [-0.4, -0.2) is 49.0 Å². The summed E-state index contributed by atoms with van der Waals surface area (Å²) in [5, 5.41) is 10.0. The summed E-state index contributed by atoms with van der Waals surface area (Å²) in [6, 6.07) is 10.4. The van der Waals surface area contributed by atoms with Crippen LogP contribution in [0.3, 0.4) is 0 Å². The van der Waals surface area contributed by atoms with E-state index in [9.17, 15) is 18.3 Å². The molecule has 0 saturated carbocycles. The van der Waals surface area contributed by atoms with Gasteiger partial charge in [0.15, 0.2) is 0 Å². The molecule has 3 unspecified atom stereocenters. The van der Waals surface area contributed by atoms with Crippen molar-refractivity contribution in [2.75, 3.05) is 18.0 Å². The minimum atomic E-state index is -3.77. The third-order valence-corrected chi connectivity index (χ3v) is 9.59. The number of piperazine rings is 1. The molecule has 0 bridgehead atoms. The summed E-state index contributed by atoms with van der Waals surface area (Å²) >= 11 is 9.57. The van der Waals surface area contributed by atoms with Crippen molar-refractivity contribution in [1.29, 1.82) is 0 Å². The van der Waals surface area contributed by atoms with Gasteiger partial charge >= 0.3 is 5.97 Å². The first kappa shape index (κ1) is 22.6. The second kappa shape index (κ2) is 8.39. The second-order valence-electron chi connectivity index (χ2n) is 8.37. The number of hydrogen-bond donors (Lipinski definition) is 1. The third kappa shape index (κ3) is 4.11. The van der Waals surface area contributed by atoms with Crippen molar-refractivity contribution in [2.24, 2.45) is 5.92 Å².